The number of pyridine rings is 1. The van der Waals surface area contributed by atoms with Crippen LogP contribution in [0.1, 0.15) is 26.5 Å². The highest BCUT2D eigenvalue weighted by Crippen LogP contribution is 2.22. The summed E-state index contributed by atoms with van der Waals surface area (Å²) >= 11 is 0. The van der Waals surface area contributed by atoms with Crippen molar-refractivity contribution in [3.63, 3.8) is 0 Å². The fourth-order valence-corrected chi connectivity index (χ4v) is 2.89. The molecule has 0 bridgehead atoms. The van der Waals surface area contributed by atoms with Crippen molar-refractivity contribution in [2.24, 2.45) is 13.0 Å². The summed E-state index contributed by atoms with van der Waals surface area (Å²) < 4.78 is 9.75. The number of likely N-dealkylation sites (tertiary alicyclic amines) is 1. The van der Waals surface area contributed by atoms with Gasteiger partial charge in [-0.1, -0.05) is 6.07 Å². The molecule has 2 aromatic heterocycles. The van der Waals surface area contributed by atoms with E-state index >= 15 is 0 Å². The molecule has 1 amide bonds. The van der Waals surface area contributed by atoms with Gasteiger partial charge in [-0.25, -0.2) is 13.8 Å². The van der Waals surface area contributed by atoms with Crippen LogP contribution in [0.3, 0.4) is 0 Å². The maximum Gasteiger partial charge on any atom is 0.410 e. The monoisotopic (exact) mass is 302 g/mol. The first-order valence-corrected chi connectivity index (χ1v) is 7.76. The molecule has 0 aromatic carbocycles. The molecule has 3 heterocycles. The molecular weight excluding hydrogens is 278 g/mol. The normalized spacial score (nSPS) is 15.9. The Hall–Kier alpha value is -2.04. The number of ether oxygens (including phenoxy) is 1. The van der Waals surface area contributed by atoms with E-state index in [4.69, 9.17) is 4.74 Å². The number of carbonyl (C=O) groups excluding carboxylic acids is 1. The topological polar surface area (TPSA) is 37.8 Å². The smallest absolute Gasteiger partial charge is 0.410 e. The van der Waals surface area contributed by atoms with E-state index in [0.717, 1.165) is 19.5 Å². The van der Waals surface area contributed by atoms with Crippen LogP contribution in [0.15, 0.2) is 30.6 Å². The van der Waals surface area contributed by atoms with Gasteiger partial charge in [0.1, 0.15) is 17.5 Å². The molecule has 0 spiro atoms. The van der Waals surface area contributed by atoms with Crippen molar-refractivity contribution < 1.29 is 14.1 Å². The van der Waals surface area contributed by atoms with Gasteiger partial charge < -0.3 is 9.64 Å². The molecule has 0 radical (unpaired) electrons. The molecule has 118 valence electrons. The van der Waals surface area contributed by atoms with Gasteiger partial charge in [-0.15, -0.1) is 0 Å². The third-order valence-corrected chi connectivity index (χ3v) is 4.04. The molecule has 1 aliphatic rings. The Morgan fingerprint density at radius 2 is 2.09 bits per heavy atom. The number of rotatable bonds is 2. The van der Waals surface area contributed by atoms with Gasteiger partial charge in [0.05, 0.1) is 13.2 Å². The van der Waals surface area contributed by atoms with Gasteiger partial charge in [0.15, 0.2) is 0 Å². The Morgan fingerprint density at radius 3 is 2.73 bits per heavy atom. The third-order valence-electron chi connectivity index (χ3n) is 4.04. The molecule has 0 aliphatic carbocycles. The van der Waals surface area contributed by atoms with Crippen molar-refractivity contribution in [2.75, 3.05) is 13.1 Å². The molecule has 0 unspecified atom stereocenters. The lowest BCUT2D eigenvalue weighted by Gasteiger charge is -2.39. The molecule has 3 rings (SSSR count). The lowest BCUT2D eigenvalue weighted by Crippen LogP contribution is -2.53. The number of amides is 1. The van der Waals surface area contributed by atoms with Crippen LogP contribution in [0.25, 0.3) is 5.65 Å². The average Bonchev–Trinajstić information content (AvgIpc) is 2.68. The molecule has 1 saturated heterocycles. The molecule has 0 N–H and O–H groups in total. The lowest BCUT2D eigenvalue weighted by atomic mass is 9.95. The predicted octanol–water partition coefficient (Wildman–Crippen LogP) is 2.17. The fourth-order valence-electron chi connectivity index (χ4n) is 2.89. The SMILES string of the molecule is C[n+]1c(CC2CN(C(=O)OC(C)(C)C)C2)cn2ccccc21. The van der Waals surface area contributed by atoms with Crippen LogP contribution >= 0.6 is 0 Å². The number of nitrogens with zero attached hydrogens (tertiary/aromatic N) is 3. The van der Waals surface area contributed by atoms with Gasteiger partial charge in [-0.05, 0) is 26.8 Å². The molecule has 0 atom stereocenters. The summed E-state index contributed by atoms with van der Waals surface area (Å²) in [4.78, 5) is 13.7. The number of aromatic nitrogens is 2. The first-order valence-electron chi connectivity index (χ1n) is 7.76. The first-order chi connectivity index (χ1) is 10.3. The highest BCUT2D eigenvalue weighted by molar-refractivity contribution is 5.69. The number of hydrogen-bond acceptors (Lipinski definition) is 2. The van der Waals surface area contributed by atoms with E-state index in [-0.39, 0.29) is 6.09 Å². The standard InChI is InChI=1S/C17H24N3O2/c1-17(2,3)22-16(21)20-10-13(11-20)9-14-12-19-8-6-5-7-15(19)18(14)4/h5-8,12-13H,9-11H2,1-4H3/q+1. The Kier molecular flexibility index (Phi) is 3.59. The van der Waals surface area contributed by atoms with Gasteiger partial charge in [0, 0.05) is 31.5 Å². The third kappa shape index (κ3) is 2.93. The van der Waals surface area contributed by atoms with E-state index in [2.05, 4.69) is 34.5 Å². The quantitative estimate of drug-likeness (QED) is 0.797. The second-order valence-electron chi connectivity index (χ2n) is 7.10. The van der Waals surface area contributed by atoms with Crippen LogP contribution in [0.4, 0.5) is 4.79 Å². The van der Waals surface area contributed by atoms with E-state index in [9.17, 15) is 4.79 Å². The number of carbonyl (C=O) groups is 1. The minimum atomic E-state index is -0.422. The summed E-state index contributed by atoms with van der Waals surface area (Å²) in [7, 11) is 2.09. The zero-order valence-corrected chi connectivity index (χ0v) is 13.7. The van der Waals surface area contributed by atoms with Crippen molar-refractivity contribution in [1.29, 1.82) is 0 Å². The number of aryl methyl sites for hydroxylation is 1. The van der Waals surface area contributed by atoms with Gasteiger partial charge in [-0.3, -0.25) is 0 Å². The second kappa shape index (κ2) is 5.30. The van der Waals surface area contributed by atoms with Gasteiger partial charge in [0.25, 0.3) is 5.65 Å². The Morgan fingerprint density at radius 1 is 1.36 bits per heavy atom. The summed E-state index contributed by atoms with van der Waals surface area (Å²) in [5.74, 6) is 0.510. The van der Waals surface area contributed by atoms with E-state index in [1.807, 2.05) is 32.9 Å². The largest absolute Gasteiger partial charge is 0.444 e. The van der Waals surface area contributed by atoms with Crippen LogP contribution in [0, 0.1) is 5.92 Å². The van der Waals surface area contributed by atoms with Crippen molar-refractivity contribution in [2.45, 2.75) is 32.8 Å². The Balaban J connectivity index is 1.60. The van der Waals surface area contributed by atoms with Crippen LogP contribution in [-0.2, 0) is 18.2 Å². The van der Waals surface area contributed by atoms with Gasteiger partial charge in [-0.2, -0.15) is 0 Å². The predicted molar refractivity (Wildman–Crippen MR) is 83.6 cm³/mol. The van der Waals surface area contributed by atoms with Gasteiger partial charge >= 0.3 is 6.09 Å². The minimum absolute atomic E-state index is 0.199. The highest BCUT2D eigenvalue weighted by Gasteiger charge is 2.35. The van der Waals surface area contributed by atoms with E-state index in [0.29, 0.717) is 5.92 Å². The molecule has 1 aliphatic heterocycles. The van der Waals surface area contributed by atoms with Crippen LogP contribution in [0.5, 0.6) is 0 Å². The summed E-state index contributed by atoms with van der Waals surface area (Å²) in [5.41, 5.74) is 2.05. The van der Waals surface area contributed by atoms with Crippen LogP contribution in [0.2, 0.25) is 0 Å². The van der Waals surface area contributed by atoms with E-state index in [1.165, 1.54) is 11.3 Å². The average molecular weight is 302 g/mol. The Labute approximate surface area is 131 Å². The summed E-state index contributed by atoms with van der Waals surface area (Å²) in [6.45, 7) is 7.25. The fraction of sp³-hybridized carbons (Fsp3) is 0.529. The molecule has 5 heteroatoms. The molecule has 2 aromatic rings. The maximum absolute atomic E-state index is 11.9. The summed E-state index contributed by atoms with van der Waals surface area (Å²) in [5, 5.41) is 0. The number of fused-ring (bicyclic) bond motifs is 1. The number of imidazole rings is 1. The zero-order valence-electron chi connectivity index (χ0n) is 13.7. The minimum Gasteiger partial charge on any atom is -0.444 e. The zero-order chi connectivity index (χ0) is 15.9. The summed E-state index contributed by atoms with van der Waals surface area (Å²) in [6.07, 6.45) is 5.02. The maximum atomic E-state index is 11.9. The van der Waals surface area contributed by atoms with Crippen molar-refractivity contribution >= 4 is 11.7 Å². The van der Waals surface area contributed by atoms with Crippen molar-refractivity contribution in [3.8, 4) is 0 Å². The molecular formula is C17H24N3O2+. The van der Waals surface area contributed by atoms with Crippen molar-refractivity contribution in [3.05, 3.63) is 36.3 Å². The number of hydrogen-bond donors (Lipinski definition) is 0. The molecule has 5 nitrogen and oxygen atoms in total. The first kappa shape index (κ1) is 14.9. The van der Waals surface area contributed by atoms with E-state index in [1.54, 1.807) is 4.90 Å². The van der Waals surface area contributed by atoms with Crippen molar-refractivity contribution in [1.82, 2.24) is 9.30 Å². The van der Waals surface area contributed by atoms with Crippen LogP contribution in [-0.4, -0.2) is 34.1 Å². The highest BCUT2D eigenvalue weighted by atomic mass is 16.6. The Bertz CT molecular complexity index is 693. The molecule has 1 fully saturated rings. The second-order valence-corrected chi connectivity index (χ2v) is 7.10. The summed E-state index contributed by atoms with van der Waals surface area (Å²) in [6, 6.07) is 6.19. The van der Waals surface area contributed by atoms with Gasteiger partial charge in [0.2, 0.25) is 0 Å². The molecule has 0 saturated carbocycles. The lowest BCUT2D eigenvalue weighted by molar-refractivity contribution is -0.652. The van der Waals surface area contributed by atoms with Crippen LogP contribution < -0.4 is 4.57 Å². The molecule has 22 heavy (non-hydrogen) atoms. The van der Waals surface area contributed by atoms with E-state index < -0.39 is 5.60 Å².